The van der Waals surface area contributed by atoms with Gasteiger partial charge in [0.05, 0.1) is 6.10 Å². The molecule has 3 heteroatoms. The minimum Gasteiger partial charge on any atom is -0.393 e. The summed E-state index contributed by atoms with van der Waals surface area (Å²) in [6.45, 7) is 0. The Hall–Kier alpha value is -0.150. The number of hydrogen-bond acceptors (Lipinski definition) is 2. The highest BCUT2D eigenvalue weighted by atomic mass is 19.1. The Kier molecular flexibility index (Phi) is 2.03. The molecule has 0 bridgehead atoms. The fraction of sp³-hybridized carbons (Fsp3) is 1.00. The maximum Gasteiger partial charge on any atom is 0.118 e. The minimum absolute atomic E-state index is 0.223. The van der Waals surface area contributed by atoms with E-state index in [1.54, 1.807) is 0 Å². The van der Waals surface area contributed by atoms with Crippen LogP contribution >= 0.6 is 0 Å². The second kappa shape index (κ2) is 2.62. The fourth-order valence-corrected chi connectivity index (χ4v) is 1.12. The third-order valence-electron chi connectivity index (χ3n) is 1.80. The molecule has 54 valence electrons. The van der Waals surface area contributed by atoms with Crippen LogP contribution in [0.25, 0.3) is 0 Å². The highest BCUT2D eigenvalue weighted by molar-refractivity contribution is 4.81. The number of nitrogens with two attached hydrogens (primary N) is 1. The first-order chi connectivity index (χ1) is 4.20. The van der Waals surface area contributed by atoms with E-state index in [1.807, 2.05) is 0 Å². The third kappa shape index (κ3) is 1.63. The standard InChI is InChI=1S/C6H12FNO/c7-5-3-4(9)1-2-6(5)8/h4-6,9H,1-3,8H2/t4-,5+,6+/m0/s1. The summed E-state index contributed by atoms with van der Waals surface area (Å²) in [7, 11) is 0. The molecule has 1 aliphatic carbocycles. The number of halogens is 1. The van der Waals surface area contributed by atoms with Crippen molar-refractivity contribution in [3.63, 3.8) is 0 Å². The van der Waals surface area contributed by atoms with Gasteiger partial charge in [0.2, 0.25) is 0 Å². The van der Waals surface area contributed by atoms with Gasteiger partial charge in [-0.15, -0.1) is 0 Å². The van der Waals surface area contributed by atoms with E-state index in [9.17, 15) is 4.39 Å². The molecule has 0 aromatic rings. The quantitative estimate of drug-likeness (QED) is 0.495. The summed E-state index contributed by atoms with van der Waals surface area (Å²) < 4.78 is 12.5. The Labute approximate surface area is 53.9 Å². The molecule has 0 saturated heterocycles. The van der Waals surface area contributed by atoms with Crippen LogP contribution in [-0.4, -0.2) is 23.4 Å². The smallest absolute Gasteiger partial charge is 0.118 e. The molecule has 3 atom stereocenters. The lowest BCUT2D eigenvalue weighted by atomic mass is 9.92. The molecule has 0 heterocycles. The molecule has 0 unspecified atom stereocenters. The van der Waals surface area contributed by atoms with Crippen LogP contribution in [0.1, 0.15) is 19.3 Å². The van der Waals surface area contributed by atoms with Crippen molar-refractivity contribution in [1.82, 2.24) is 0 Å². The van der Waals surface area contributed by atoms with Gasteiger partial charge >= 0.3 is 0 Å². The van der Waals surface area contributed by atoms with Crippen molar-refractivity contribution in [1.29, 1.82) is 0 Å². The van der Waals surface area contributed by atoms with Crippen LogP contribution in [0.4, 0.5) is 4.39 Å². The zero-order valence-electron chi connectivity index (χ0n) is 5.26. The molecule has 1 aliphatic rings. The first kappa shape index (κ1) is 6.96. The molecule has 9 heavy (non-hydrogen) atoms. The second-order valence-electron chi connectivity index (χ2n) is 2.65. The molecular weight excluding hydrogens is 121 g/mol. The average Bonchev–Trinajstić information content (AvgIpc) is 1.80. The van der Waals surface area contributed by atoms with Crippen molar-refractivity contribution < 1.29 is 9.50 Å². The van der Waals surface area contributed by atoms with Gasteiger partial charge in [-0.3, -0.25) is 0 Å². The lowest BCUT2D eigenvalue weighted by molar-refractivity contribution is 0.0721. The Morgan fingerprint density at radius 1 is 1.44 bits per heavy atom. The third-order valence-corrected chi connectivity index (χ3v) is 1.80. The maximum atomic E-state index is 12.5. The summed E-state index contributed by atoms with van der Waals surface area (Å²) in [4.78, 5) is 0. The number of rotatable bonds is 0. The van der Waals surface area contributed by atoms with E-state index in [4.69, 9.17) is 10.8 Å². The van der Waals surface area contributed by atoms with E-state index in [-0.39, 0.29) is 12.5 Å². The fourth-order valence-electron chi connectivity index (χ4n) is 1.12. The van der Waals surface area contributed by atoms with Crippen molar-refractivity contribution >= 4 is 0 Å². The number of alkyl halides is 1. The minimum atomic E-state index is -0.992. The Bertz CT molecular complexity index is 99.1. The molecular formula is C6H12FNO. The van der Waals surface area contributed by atoms with Gasteiger partial charge < -0.3 is 10.8 Å². The largest absolute Gasteiger partial charge is 0.393 e. The van der Waals surface area contributed by atoms with Crippen LogP contribution in [0.15, 0.2) is 0 Å². The normalized spacial score (nSPS) is 45.0. The predicted molar refractivity (Wildman–Crippen MR) is 32.7 cm³/mol. The van der Waals surface area contributed by atoms with Crippen LogP contribution in [-0.2, 0) is 0 Å². The van der Waals surface area contributed by atoms with Gasteiger partial charge in [0, 0.05) is 12.5 Å². The first-order valence-electron chi connectivity index (χ1n) is 3.28. The molecule has 0 aromatic heterocycles. The van der Waals surface area contributed by atoms with E-state index in [0.29, 0.717) is 12.8 Å². The van der Waals surface area contributed by atoms with Crippen molar-refractivity contribution in [3.8, 4) is 0 Å². The summed E-state index contributed by atoms with van der Waals surface area (Å²) >= 11 is 0. The second-order valence-corrected chi connectivity index (χ2v) is 2.65. The van der Waals surface area contributed by atoms with E-state index in [2.05, 4.69) is 0 Å². The van der Waals surface area contributed by atoms with Crippen LogP contribution in [0, 0.1) is 0 Å². The molecule has 3 N–H and O–H groups in total. The van der Waals surface area contributed by atoms with E-state index >= 15 is 0 Å². The number of aliphatic hydroxyl groups excluding tert-OH is 1. The predicted octanol–water partition coefficient (Wildman–Crippen LogP) is 0.197. The van der Waals surface area contributed by atoms with E-state index in [0.717, 1.165) is 0 Å². The van der Waals surface area contributed by atoms with Crippen LogP contribution < -0.4 is 5.73 Å². The summed E-state index contributed by atoms with van der Waals surface area (Å²) in [6, 6.07) is -0.339. The van der Waals surface area contributed by atoms with Crippen LogP contribution in [0.2, 0.25) is 0 Å². The number of hydrogen-bond donors (Lipinski definition) is 2. The Morgan fingerprint density at radius 2 is 2.11 bits per heavy atom. The molecule has 1 saturated carbocycles. The molecule has 1 rings (SSSR count). The lowest BCUT2D eigenvalue weighted by Crippen LogP contribution is -2.39. The maximum absolute atomic E-state index is 12.5. The summed E-state index contributed by atoms with van der Waals surface area (Å²) in [5.41, 5.74) is 5.35. The van der Waals surface area contributed by atoms with Crippen LogP contribution in [0.5, 0.6) is 0 Å². The summed E-state index contributed by atoms with van der Waals surface area (Å²) in [6.07, 6.45) is 0.0407. The van der Waals surface area contributed by atoms with Gasteiger partial charge in [0.1, 0.15) is 6.17 Å². The van der Waals surface area contributed by atoms with Crippen LogP contribution in [0.3, 0.4) is 0 Å². The van der Waals surface area contributed by atoms with Crippen molar-refractivity contribution in [2.75, 3.05) is 0 Å². The zero-order valence-corrected chi connectivity index (χ0v) is 5.26. The average molecular weight is 133 g/mol. The van der Waals surface area contributed by atoms with Crippen molar-refractivity contribution in [3.05, 3.63) is 0 Å². The molecule has 0 aliphatic heterocycles. The van der Waals surface area contributed by atoms with E-state index in [1.165, 1.54) is 0 Å². The molecule has 0 spiro atoms. The zero-order chi connectivity index (χ0) is 6.85. The van der Waals surface area contributed by atoms with Gasteiger partial charge in [-0.05, 0) is 12.8 Å². The van der Waals surface area contributed by atoms with Gasteiger partial charge in [-0.25, -0.2) is 4.39 Å². The SMILES string of the molecule is N[C@@H]1CC[C@H](O)C[C@H]1F. The van der Waals surface area contributed by atoms with Gasteiger partial charge in [-0.2, -0.15) is 0 Å². The topological polar surface area (TPSA) is 46.2 Å². The molecule has 2 nitrogen and oxygen atoms in total. The van der Waals surface area contributed by atoms with Gasteiger partial charge in [0.25, 0.3) is 0 Å². The summed E-state index contributed by atoms with van der Waals surface area (Å²) in [5, 5.41) is 8.90. The van der Waals surface area contributed by atoms with E-state index < -0.39 is 12.3 Å². The molecule has 0 amide bonds. The molecule has 0 radical (unpaired) electrons. The van der Waals surface area contributed by atoms with Gasteiger partial charge in [0.15, 0.2) is 0 Å². The lowest BCUT2D eigenvalue weighted by Gasteiger charge is -2.25. The highest BCUT2D eigenvalue weighted by Crippen LogP contribution is 2.19. The summed E-state index contributed by atoms with van der Waals surface area (Å²) in [5.74, 6) is 0. The van der Waals surface area contributed by atoms with Gasteiger partial charge in [-0.1, -0.05) is 0 Å². The van der Waals surface area contributed by atoms with Crippen molar-refractivity contribution in [2.24, 2.45) is 5.73 Å². The monoisotopic (exact) mass is 133 g/mol. The number of aliphatic hydroxyl groups is 1. The molecule has 0 aromatic carbocycles. The van der Waals surface area contributed by atoms with Crippen molar-refractivity contribution in [2.45, 2.75) is 37.6 Å². The Balaban J connectivity index is 2.35. The molecule has 1 fully saturated rings. The highest BCUT2D eigenvalue weighted by Gasteiger charge is 2.26. The Morgan fingerprint density at radius 3 is 2.56 bits per heavy atom. The first-order valence-corrected chi connectivity index (χ1v) is 3.28.